The first-order valence-electron chi connectivity index (χ1n) is 9.29. The SMILES string of the molecule is Cc1cc(C)c(S(=O)Nc2ccccc2-c2nc3ccccc3[nH]c2=O)c(C)c1. The summed E-state index contributed by atoms with van der Waals surface area (Å²) in [4.78, 5) is 20.8. The van der Waals surface area contributed by atoms with Crippen molar-refractivity contribution >= 4 is 27.7 Å². The Kier molecular flexibility index (Phi) is 5.03. The summed E-state index contributed by atoms with van der Waals surface area (Å²) in [5, 5.41) is 0. The lowest BCUT2D eigenvalue weighted by molar-refractivity contribution is 0.685. The molecule has 3 aromatic carbocycles. The van der Waals surface area contributed by atoms with E-state index in [1.165, 1.54) is 0 Å². The van der Waals surface area contributed by atoms with Crippen LogP contribution in [-0.2, 0) is 11.0 Å². The van der Waals surface area contributed by atoms with Gasteiger partial charge in [0.25, 0.3) is 5.56 Å². The van der Waals surface area contributed by atoms with E-state index < -0.39 is 11.0 Å². The van der Waals surface area contributed by atoms with Crippen LogP contribution in [0.4, 0.5) is 5.69 Å². The molecule has 0 aliphatic rings. The van der Waals surface area contributed by atoms with Crippen LogP contribution in [0.3, 0.4) is 0 Å². The number of nitrogens with one attached hydrogen (secondary N) is 2. The highest BCUT2D eigenvalue weighted by atomic mass is 32.2. The van der Waals surface area contributed by atoms with Crippen molar-refractivity contribution in [1.82, 2.24) is 9.97 Å². The normalized spacial score (nSPS) is 12.1. The topological polar surface area (TPSA) is 74.8 Å². The summed E-state index contributed by atoms with van der Waals surface area (Å²) in [5.74, 6) is 0. The Morgan fingerprint density at radius 2 is 1.59 bits per heavy atom. The lowest BCUT2D eigenvalue weighted by Gasteiger charge is -2.15. The van der Waals surface area contributed by atoms with Gasteiger partial charge in [-0.1, -0.05) is 48.0 Å². The highest BCUT2D eigenvalue weighted by Gasteiger charge is 2.16. The Labute approximate surface area is 171 Å². The summed E-state index contributed by atoms with van der Waals surface area (Å²) in [5.41, 5.74) is 5.65. The van der Waals surface area contributed by atoms with E-state index in [1.807, 2.05) is 75.4 Å². The van der Waals surface area contributed by atoms with E-state index in [-0.39, 0.29) is 5.56 Å². The number of anilines is 1. The minimum Gasteiger partial charge on any atom is -0.319 e. The molecule has 1 atom stereocenters. The maximum absolute atomic E-state index is 13.1. The molecule has 0 aliphatic carbocycles. The number of nitrogens with zero attached hydrogens (tertiary/aromatic N) is 1. The molecule has 6 heteroatoms. The molecule has 0 saturated heterocycles. The molecule has 5 nitrogen and oxygen atoms in total. The van der Waals surface area contributed by atoms with Crippen LogP contribution in [-0.4, -0.2) is 14.2 Å². The molecule has 1 unspecified atom stereocenters. The van der Waals surface area contributed by atoms with Gasteiger partial charge in [0, 0.05) is 5.56 Å². The predicted molar refractivity (Wildman–Crippen MR) is 118 cm³/mol. The highest BCUT2D eigenvalue weighted by molar-refractivity contribution is 7.86. The zero-order valence-corrected chi connectivity index (χ0v) is 17.3. The second kappa shape index (κ2) is 7.64. The third-order valence-corrected chi connectivity index (χ3v) is 6.19. The molecule has 146 valence electrons. The van der Waals surface area contributed by atoms with Gasteiger partial charge in [-0.2, -0.15) is 0 Å². The van der Waals surface area contributed by atoms with Gasteiger partial charge in [-0.3, -0.25) is 4.79 Å². The molecule has 4 rings (SSSR count). The number of hydrogen-bond donors (Lipinski definition) is 2. The number of aromatic nitrogens is 2. The highest BCUT2D eigenvalue weighted by Crippen LogP contribution is 2.28. The number of aromatic amines is 1. The summed E-state index contributed by atoms with van der Waals surface area (Å²) in [6.07, 6.45) is 0. The number of fused-ring (bicyclic) bond motifs is 1. The molecule has 2 N–H and O–H groups in total. The molecule has 0 aliphatic heterocycles. The zero-order chi connectivity index (χ0) is 20.5. The molecular formula is C23H21N3O2S. The average molecular weight is 404 g/mol. The molecule has 0 amide bonds. The van der Waals surface area contributed by atoms with Gasteiger partial charge in [0.2, 0.25) is 0 Å². The van der Waals surface area contributed by atoms with Crippen molar-refractivity contribution < 1.29 is 4.21 Å². The molecule has 0 fully saturated rings. The van der Waals surface area contributed by atoms with Crippen molar-refractivity contribution in [2.75, 3.05) is 4.72 Å². The molecule has 29 heavy (non-hydrogen) atoms. The van der Waals surface area contributed by atoms with Gasteiger partial charge in [0.1, 0.15) is 5.69 Å². The maximum Gasteiger partial charge on any atom is 0.275 e. The standard InChI is InChI=1S/C23H21N3O2S/c1-14-12-15(2)22(16(3)13-14)29(28)26-18-9-5-4-8-17(18)21-23(27)25-20-11-7-6-10-19(20)24-21/h4-13,26H,1-3H3,(H,25,27). The van der Waals surface area contributed by atoms with Gasteiger partial charge in [-0.25, -0.2) is 9.19 Å². The summed E-state index contributed by atoms with van der Waals surface area (Å²) >= 11 is 0. The van der Waals surface area contributed by atoms with Crippen molar-refractivity contribution in [3.63, 3.8) is 0 Å². The Morgan fingerprint density at radius 1 is 0.931 bits per heavy atom. The first-order chi connectivity index (χ1) is 13.9. The number of para-hydroxylation sites is 3. The first-order valence-corrected chi connectivity index (χ1v) is 10.4. The fourth-order valence-corrected chi connectivity index (χ4v) is 4.78. The van der Waals surface area contributed by atoms with Crippen LogP contribution >= 0.6 is 0 Å². The number of H-pyrrole nitrogens is 1. The van der Waals surface area contributed by atoms with Crippen molar-refractivity contribution in [3.05, 3.63) is 87.7 Å². The minimum absolute atomic E-state index is 0.286. The van der Waals surface area contributed by atoms with Gasteiger partial charge in [-0.05, 0) is 50.1 Å². The van der Waals surface area contributed by atoms with Crippen molar-refractivity contribution in [1.29, 1.82) is 0 Å². The summed E-state index contributed by atoms with van der Waals surface area (Å²) < 4.78 is 16.2. The predicted octanol–water partition coefficient (Wildman–Crippen LogP) is 4.65. The molecule has 0 saturated carbocycles. The molecule has 1 heterocycles. The zero-order valence-electron chi connectivity index (χ0n) is 16.4. The number of hydrogen-bond acceptors (Lipinski definition) is 3. The number of aryl methyl sites for hydroxylation is 3. The molecule has 0 spiro atoms. The third kappa shape index (κ3) is 3.71. The van der Waals surface area contributed by atoms with Gasteiger partial charge >= 0.3 is 0 Å². The van der Waals surface area contributed by atoms with E-state index in [2.05, 4.69) is 14.7 Å². The van der Waals surface area contributed by atoms with Crippen molar-refractivity contribution in [3.8, 4) is 11.3 Å². The van der Waals surface area contributed by atoms with Crippen molar-refractivity contribution in [2.24, 2.45) is 0 Å². The van der Waals surface area contributed by atoms with E-state index >= 15 is 0 Å². The fraction of sp³-hybridized carbons (Fsp3) is 0.130. The van der Waals surface area contributed by atoms with Crippen LogP contribution in [0.25, 0.3) is 22.3 Å². The third-order valence-electron chi connectivity index (χ3n) is 4.77. The van der Waals surface area contributed by atoms with Crippen LogP contribution in [0.15, 0.2) is 70.4 Å². The second-order valence-corrected chi connectivity index (χ2v) is 8.23. The van der Waals surface area contributed by atoms with Gasteiger partial charge < -0.3 is 9.71 Å². The van der Waals surface area contributed by atoms with E-state index in [0.29, 0.717) is 28.0 Å². The molecule has 0 radical (unpaired) electrons. The number of benzene rings is 3. The Hall–Kier alpha value is -3.25. The van der Waals surface area contributed by atoms with Gasteiger partial charge in [-0.15, -0.1) is 0 Å². The number of rotatable bonds is 4. The second-order valence-electron chi connectivity index (χ2n) is 7.08. The van der Waals surface area contributed by atoms with Gasteiger partial charge in [0.15, 0.2) is 11.0 Å². The van der Waals surface area contributed by atoms with Crippen LogP contribution in [0, 0.1) is 20.8 Å². The largest absolute Gasteiger partial charge is 0.319 e. The van der Waals surface area contributed by atoms with E-state index in [4.69, 9.17) is 0 Å². The van der Waals surface area contributed by atoms with E-state index in [9.17, 15) is 9.00 Å². The average Bonchev–Trinajstić information content (AvgIpc) is 2.67. The summed E-state index contributed by atoms with van der Waals surface area (Å²) in [7, 11) is -1.47. The van der Waals surface area contributed by atoms with Crippen LogP contribution < -0.4 is 10.3 Å². The maximum atomic E-state index is 13.1. The van der Waals surface area contributed by atoms with E-state index in [1.54, 1.807) is 6.07 Å². The Bertz CT molecular complexity index is 1290. The van der Waals surface area contributed by atoms with Crippen molar-refractivity contribution in [2.45, 2.75) is 25.7 Å². The van der Waals surface area contributed by atoms with Crippen LogP contribution in [0.5, 0.6) is 0 Å². The minimum atomic E-state index is -1.47. The molecule has 4 aromatic rings. The van der Waals surface area contributed by atoms with Crippen LogP contribution in [0.2, 0.25) is 0 Å². The molecular weight excluding hydrogens is 382 g/mol. The summed E-state index contributed by atoms with van der Waals surface area (Å²) in [6.45, 7) is 5.93. The first kappa shape index (κ1) is 19.1. The van der Waals surface area contributed by atoms with E-state index in [0.717, 1.165) is 21.6 Å². The van der Waals surface area contributed by atoms with Crippen LogP contribution in [0.1, 0.15) is 16.7 Å². The molecule has 0 bridgehead atoms. The lowest BCUT2D eigenvalue weighted by Crippen LogP contribution is -2.14. The Morgan fingerprint density at radius 3 is 2.34 bits per heavy atom. The molecule has 1 aromatic heterocycles. The monoisotopic (exact) mass is 403 g/mol. The fourth-order valence-electron chi connectivity index (χ4n) is 3.60. The lowest BCUT2D eigenvalue weighted by atomic mass is 10.1. The van der Waals surface area contributed by atoms with Gasteiger partial charge in [0.05, 0.1) is 21.6 Å². The summed E-state index contributed by atoms with van der Waals surface area (Å²) in [6, 6.07) is 18.7. The smallest absolute Gasteiger partial charge is 0.275 e. The Balaban J connectivity index is 1.78. The quantitative estimate of drug-likeness (QED) is 0.521.